The molecule has 2 N–H and O–H groups in total. The Bertz CT molecular complexity index is 535. The molecule has 1 aliphatic heterocycles. The predicted octanol–water partition coefficient (Wildman–Crippen LogP) is 2.07. The molecular formula is C15H19ClN2O3. The van der Waals surface area contributed by atoms with Crippen LogP contribution in [0.5, 0.6) is 0 Å². The first-order valence-corrected chi connectivity index (χ1v) is 7.37. The van der Waals surface area contributed by atoms with Gasteiger partial charge in [-0.05, 0) is 37.9 Å². The van der Waals surface area contributed by atoms with Crippen molar-refractivity contribution in [2.24, 2.45) is 0 Å². The molecule has 0 aliphatic carbocycles. The van der Waals surface area contributed by atoms with Gasteiger partial charge in [-0.15, -0.1) is 0 Å². The van der Waals surface area contributed by atoms with E-state index < -0.39 is 12.0 Å². The van der Waals surface area contributed by atoms with Gasteiger partial charge in [0.15, 0.2) is 0 Å². The molecule has 2 atom stereocenters. The number of carboxylic acid groups (broad SMARTS) is 1. The summed E-state index contributed by atoms with van der Waals surface area (Å²) >= 11 is 6.10. The molecule has 1 aromatic carbocycles. The van der Waals surface area contributed by atoms with E-state index in [2.05, 4.69) is 5.32 Å². The standard InChI is InChI=1S/C15H19ClN2O3/c1-10(11-5-2-3-6-12(11)16)17-14(19)9-18-8-4-7-13(18)15(20)21/h2-3,5-6,10,13H,4,7-9H2,1H3,(H,17,19)(H,20,21)/t10-,13+/m1/s1. The summed E-state index contributed by atoms with van der Waals surface area (Å²) in [5.41, 5.74) is 0.851. The van der Waals surface area contributed by atoms with Gasteiger partial charge in [-0.1, -0.05) is 29.8 Å². The normalized spacial score (nSPS) is 20.2. The van der Waals surface area contributed by atoms with Crippen molar-refractivity contribution in [1.82, 2.24) is 10.2 Å². The molecule has 0 spiro atoms. The molecule has 0 unspecified atom stereocenters. The number of nitrogens with zero attached hydrogens (tertiary/aromatic N) is 1. The summed E-state index contributed by atoms with van der Waals surface area (Å²) in [5, 5.41) is 12.6. The van der Waals surface area contributed by atoms with Crippen LogP contribution in [-0.2, 0) is 9.59 Å². The van der Waals surface area contributed by atoms with Gasteiger partial charge in [-0.25, -0.2) is 0 Å². The van der Waals surface area contributed by atoms with Crippen molar-refractivity contribution in [2.45, 2.75) is 31.8 Å². The van der Waals surface area contributed by atoms with E-state index in [1.165, 1.54) is 0 Å². The van der Waals surface area contributed by atoms with E-state index in [1.807, 2.05) is 25.1 Å². The number of hydrogen-bond acceptors (Lipinski definition) is 3. The van der Waals surface area contributed by atoms with E-state index >= 15 is 0 Å². The Labute approximate surface area is 128 Å². The number of rotatable bonds is 5. The number of nitrogens with one attached hydrogen (secondary N) is 1. The average molecular weight is 311 g/mol. The highest BCUT2D eigenvalue weighted by atomic mass is 35.5. The SMILES string of the molecule is C[C@@H](NC(=O)CN1CCC[C@H]1C(=O)O)c1ccccc1Cl. The maximum atomic E-state index is 12.1. The summed E-state index contributed by atoms with van der Waals surface area (Å²) in [6.45, 7) is 2.61. The fourth-order valence-electron chi connectivity index (χ4n) is 2.67. The molecule has 1 aromatic rings. The number of amides is 1. The van der Waals surface area contributed by atoms with Crippen LogP contribution in [0.3, 0.4) is 0 Å². The van der Waals surface area contributed by atoms with Gasteiger partial charge in [0.1, 0.15) is 6.04 Å². The van der Waals surface area contributed by atoms with E-state index in [9.17, 15) is 9.59 Å². The lowest BCUT2D eigenvalue weighted by molar-refractivity contribution is -0.142. The van der Waals surface area contributed by atoms with Crippen LogP contribution >= 0.6 is 11.6 Å². The fourth-order valence-corrected chi connectivity index (χ4v) is 2.97. The van der Waals surface area contributed by atoms with Gasteiger partial charge >= 0.3 is 5.97 Å². The van der Waals surface area contributed by atoms with Crippen LogP contribution in [0.1, 0.15) is 31.4 Å². The number of hydrogen-bond donors (Lipinski definition) is 2. The molecule has 5 nitrogen and oxygen atoms in total. The van der Waals surface area contributed by atoms with Gasteiger partial charge in [0.2, 0.25) is 5.91 Å². The second-order valence-corrected chi connectivity index (χ2v) is 5.68. The fraction of sp³-hybridized carbons (Fsp3) is 0.467. The molecule has 0 bridgehead atoms. The maximum absolute atomic E-state index is 12.1. The van der Waals surface area contributed by atoms with E-state index in [1.54, 1.807) is 11.0 Å². The molecule has 1 aliphatic rings. The third-order valence-electron chi connectivity index (χ3n) is 3.74. The zero-order valence-electron chi connectivity index (χ0n) is 11.9. The van der Waals surface area contributed by atoms with Crippen LogP contribution in [0.4, 0.5) is 0 Å². The zero-order valence-corrected chi connectivity index (χ0v) is 12.6. The lowest BCUT2D eigenvalue weighted by Gasteiger charge is -2.22. The highest BCUT2D eigenvalue weighted by Gasteiger charge is 2.31. The first kappa shape index (κ1) is 15.8. The summed E-state index contributed by atoms with van der Waals surface area (Å²) in [5.74, 6) is -1.05. The topological polar surface area (TPSA) is 69.6 Å². The van der Waals surface area contributed by atoms with E-state index in [0.29, 0.717) is 18.0 Å². The maximum Gasteiger partial charge on any atom is 0.320 e. The number of carboxylic acids is 1. The van der Waals surface area contributed by atoms with Crippen LogP contribution in [0.15, 0.2) is 24.3 Å². The molecule has 2 rings (SSSR count). The number of aliphatic carboxylic acids is 1. The third-order valence-corrected chi connectivity index (χ3v) is 4.09. The molecule has 6 heteroatoms. The zero-order chi connectivity index (χ0) is 15.4. The second kappa shape index (κ2) is 6.91. The van der Waals surface area contributed by atoms with Gasteiger partial charge in [-0.3, -0.25) is 14.5 Å². The van der Waals surface area contributed by atoms with E-state index in [4.69, 9.17) is 16.7 Å². The molecule has 1 fully saturated rings. The van der Waals surface area contributed by atoms with Crippen LogP contribution < -0.4 is 5.32 Å². The summed E-state index contributed by atoms with van der Waals surface area (Å²) in [4.78, 5) is 24.9. The van der Waals surface area contributed by atoms with Gasteiger partial charge in [0.05, 0.1) is 12.6 Å². The highest BCUT2D eigenvalue weighted by Crippen LogP contribution is 2.22. The monoisotopic (exact) mass is 310 g/mol. The van der Waals surface area contributed by atoms with Crippen LogP contribution in [0, 0.1) is 0 Å². The number of halogens is 1. The van der Waals surface area contributed by atoms with Crippen LogP contribution in [0.2, 0.25) is 5.02 Å². The predicted molar refractivity (Wildman–Crippen MR) is 80.2 cm³/mol. The highest BCUT2D eigenvalue weighted by molar-refractivity contribution is 6.31. The van der Waals surface area contributed by atoms with Crippen LogP contribution in [0.25, 0.3) is 0 Å². The van der Waals surface area contributed by atoms with Crippen molar-refractivity contribution < 1.29 is 14.7 Å². The number of likely N-dealkylation sites (tertiary alicyclic amines) is 1. The van der Waals surface area contributed by atoms with Crippen molar-refractivity contribution in [3.8, 4) is 0 Å². The van der Waals surface area contributed by atoms with Crippen molar-refractivity contribution in [1.29, 1.82) is 0 Å². The Kier molecular flexibility index (Phi) is 5.20. The smallest absolute Gasteiger partial charge is 0.320 e. The molecule has 21 heavy (non-hydrogen) atoms. The second-order valence-electron chi connectivity index (χ2n) is 5.28. The van der Waals surface area contributed by atoms with Crippen molar-refractivity contribution in [2.75, 3.05) is 13.1 Å². The lowest BCUT2D eigenvalue weighted by atomic mass is 10.1. The molecule has 114 valence electrons. The Morgan fingerprint density at radius 1 is 1.48 bits per heavy atom. The number of carbonyl (C=O) groups excluding carboxylic acids is 1. The number of benzene rings is 1. The third kappa shape index (κ3) is 3.95. The van der Waals surface area contributed by atoms with Gasteiger partial charge in [0.25, 0.3) is 0 Å². The molecule has 1 saturated heterocycles. The minimum absolute atomic E-state index is 0.103. The Hall–Kier alpha value is -1.59. The first-order chi connectivity index (χ1) is 9.99. The van der Waals surface area contributed by atoms with E-state index in [-0.39, 0.29) is 18.5 Å². The Balaban J connectivity index is 1.93. The lowest BCUT2D eigenvalue weighted by Crippen LogP contribution is -2.43. The van der Waals surface area contributed by atoms with Gasteiger partial charge in [-0.2, -0.15) is 0 Å². The van der Waals surface area contributed by atoms with Gasteiger partial charge in [0, 0.05) is 5.02 Å². The van der Waals surface area contributed by atoms with Crippen molar-refractivity contribution in [3.63, 3.8) is 0 Å². The van der Waals surface area contributed by atoms with E-state index in [0.717, 1.165) is 12.0 Å². The Morgan fingerprint density at radius 3 is 2.86 bits per heavy atom. The molecule has 1 heterocycles. The molecule has 0 aromatic heterocycles. The summed E-state index contributed by atoms with van der Waals surface area (Å²) in [7, 11) is 0. The summed E-state index contributed by atoms with van der Waals surface area (Å²) < 4.78 is 0. The molecular weight excluding hydrogens is 292 g/mol. The van der Waals surface area contributed by atoms with Gasteiger partial charge < -0.3 is 10.4 Å². The minimum Gasteiger partial charge on any atom is -0.480 e. The number of carbonyl (C=O) groups is 2. The molecule has 0 saturated carbocycles. The van der Waals surface area contributed by atoms with Crippen LogP contribution in [-0.4, -0.2) is 41.0 Å². The summed E-state index contributed by atoms with van der Waals surface area (Å²) in [6.07, 6.45) is 1.41. The average Bonchev–Trinajstić information content (AvgIpc) is 2.87. The van der Waals surface area contributed by atoms with Crippen molar-refractivity contribution in [3.05, 3.63) is 34.9 Å². The minimum atomic E-state index is -0.862. The molecule has 0 radical (unpaired) electrons. The molecule has 1 amide bonds. The summed E-state index contributed by atoms with van der Waals surface area (Å²) in [6, 6.07) is 6.58. The first-order valence-electron chi connectivity index (χ1n) is 6.99. The quantitative estimate of drug-likeness (QED) is 0.873. The van der Waals surface area contributed by atoms with Crippen molar-refractivity contribution >= 4 is 23.5 Å². The Morgan fingerprint density at radius 2 is 2.19 bits per heavy atom. The largest absolute Gasteiger partial charge is 0.480 e.